The Labute approximate surface area is 334 Å². The van der Waals surface area contributed by atoms with E-state index in [1.807, 2.05) is 25.1 Å². The van der Waals surface area contributed by atoms with Crippen LogP contribution in [0.15, 0.2) is 72.1 Å². The zero-order valence-corrected chi connectivity index (χ0v) is 33.3. The first-order valence-corrected chi connectivity index (χ1v) is 19.2. The van der Waals surface area contributed by atoms with Gasteiger partial charge >= 0.3 is 0 Å². The molecular formula is C42H52ClN9O4. The Kier molecular flexibility index (Phi) is 15.3. The smallest absolute Gasteiger partial charge is 0.217 e. The first-order valence-electron chi connectivity index (χ1n) is 18.8. The molecule has 0 radical (unpaired) electrons. The van der Waals surface area contributed by atoms with Gasteiger partial charge in [0.1, 0.15) is 36.5 Å². The lowest BCUT2D eigenvalue weighted by atomic mass is 9.93. The molecule has 0 bridgehead atoms. The van der Waals surface area contributed by atoms with Gasteiger partial charge in [0.25, 0.3) is 0 Å². The number of benzene rings is 3. The minimum atomic E-state index is -0.285. The number of carbonyl (C=O) groups excluding carboxylic acids is 1. The summed E-state index contributed by atoms with van der Waals surface area (Å²) in [6.07, 6.45) is 6.05. The molecule has 1 aliphatic heterocycles. The van der Waals surface area contributed by atoms with Gasteiger partial charge in [-0.05, 0) is 86.1 Å². The SMILES string of the molecule is CC(=O)NC1CCN(CCCOc2cccc(-c3cccc(COc4cc(OCc5cncc(C#N)c5)c(CNC(C)/C(=N/N)NN)cc4Cl)c3C)c2C)CC1. The van der Waals surface area contributed by atoms with Crippen LogP contribution >= 0.6 is 11.6 Å². The number of nitrogens with two attached hydrogens (primary N) is 2. The van der Waals surface area contributed by atoms with Crippen molar-refractivity contribution in [2.45, 2.75) is 78.8 Å². The summed E-state index contributed by atoms with van der Waals surface area (Å²) >= 11 is 6.82. The highest BCUT2D eigenvalue weighted by atomic mass is 35.5. The molecular weight excluding hydrogens is 730 g/mol. The van der Waals surface area contributed by atoms with Gasteiger partial charge < -0.3 is 41.0 Å². The first-order chi connectivity index (χ1) is 27.1. The number of aromatic nitrogens is 1. The third-order valence-electron chi connectivity index (χ3n) is 10.0. The molecule has 0 saturated carbocycles. The summed E-state index contributed by atoms with van der Waals surface area (Å²) in [6.45, 7) is 12.0. The highest BCUT2D eigenvalue weighted by Crippen LogP contribution is 2.36. The molecule has 56 heavy (non-hydrogen) atoms. The van der Waals surface area contributed by atoms with Gasteiger partial charge in [-0.1, -0.05) is 41.9 Å². The molecule has 14 heteroatoms. The van der Waals surface area contributed by atoms with Gasteiger partial charge in [-0.25, -0.2) is 5.84 Å². The number of ether oxygens (including phenoxy) is 3. The zero-order chi connectivity index (χ0) is 40.0. The topological polar surface area (TPSA) is 185 Å². The van der Waals surface area contributed by atoms with Gasteiger partial charge in [-0.2, -0.15) is 10.4 Å². The maximum Gasteiger partial charge on any atom is 0.217 e. The second-order valence-corrected chi connectivity index (χ2v) is 14.4. The molecule has 1 amide bonds. The average molecular weight is 782 g/mol. The van der Waals surface area contributed by atoms with Crippen LogP contribution in [0, 0.1) is 25.2 Å². The lowest BCUT2D eigenvalue weighted by molar-refractivity contribution is -0.119. The number of hydrogen-bond acceptors (Lipinski definition) is 11. The lowest BCUT2D eigenvalue weighted by Crippen LogP contribution is -2.45. The standard InChI is InChI=1S/C42H52ClN9O4/c1-27-33(8-5-9-36(27)37-10-6-11-39(28(37)2)54-17-7-14-52-15-12-35(13-16-52)49-30(4)53)26-56-41-20-40(55-25-32-18-31(21-44)22-47-23-32)34(19-38(41)43)24-48-29(3)42(50-45)51-46/h5-6,8-11,18-20,22-23,29,35,48H,7,12-17,24-26,45-46H2,1-4H3,(H,49,53)(H,50,51). The van der Waals surface area contributed by atoms with Crippen LogP contribution in [0.5, 0.6) is 17.2 Å². The molecule has 4 aromatic rings. The van der Waals surface area contributed by atoms with E-state index in [9.17, 15) is 10.1 Å². The normalized spacial score (nSPS) is 14.1. The Morgan fingerprint density at radius 3 is 2.45 bits per heavy atom. The molecule has 0 spiro atoms. The van der Waals surface area contributed by atoms with Crippen LogP contribution in [0.1, 0.15) is 66.5 Å². The number of amides is 1. The van der Waals surface area contributed by atoms with Crippen LogP contribution in [0.2, 0.25) is 5.02 Å². The third kappa shape index (κ3) is 11.3. The fourth-order valence-corrected chi connectivity index (χ4v) is 7.03. The van der Waals surface area contributed by atoms with Crippen LogP contribution in [0.3, 0.4) is 0 Å². The quantitative estimate of drug-likeness (QED) is 0.0294. The molecule has 1 aliphatic rings. The van der Waals surface area contributed by atoms with Crippen molar-refractivity contribution >= 4 is 23.3 Å². The number of nitrogens with one attached hydrogen (secondary N) is 3. The predicted octanol–water partition coefficient (Wildman–Crippen LogP) is 5.63. The summed E-state index contributed by atoms with van der Waals surface area (Å²) < 4.78 is 19.0. The van der Waals surface area contributed by atoms with E-state index in [1.165, 1.54) is 6.20 Å². The van der Waals surface area contributed by atoms with Crippen molar-refractivity contribution in [1.29, 1.82) is 5.26 Å². The van der Waals surface area contributed by atoms with E-state index in [0.717, 1.165) is 83.6 Å². The number of likely N-dealkylation sites (tertiary alicyclic amines) is 1. The Morgan fingerprint density at radius 2 is 1.73 bits per heavy atom. The molecule has 5 rings (SSSR count). The number of hydrazine groups is 1. The number of hydrogen-bond donors (Lipinski definition) is 5. The summed E-state index contributed by atoms with van der Waals surface area (Å²) in [5, 5.41) is 19.8. The summed E-state index contributed by atoms with van der Waals surface area (Å²) in [4.78, 5) is 18.0. The third-order valence-corrected chi connectivity index (χ3v) is 10.3. The van der Waals surface area contributed by atoms with Crippen molar-refractivity contribution in [3.8, 4) is 34.4 Å². The number of rotatable bonds is 17. The summed E-state index contributed by atoms with van der Waals surface area (Å²) in [5.41, 5.74) is 9.84. The molecule has 1 aromatic heterocycles. The summed E-state index contributed by atoms with van der Waals surface area (Å²) in [6, 6.07) is 19.8. The van der Waals surface area contributed by atoms with Gasteiger partial charge in [0.2, 0.25) is 5.91 Å². The van der Waals surface area contributed by atoms with E-state index < -0.39 is 0 Å². The van der Waals surface area contributed by atoms with Crippen LogP contribution in [-0.2, 0) is 24.6 Å². The van der Waals surface area contributed by atoms with Crippen LogP contribution < -0.4 is 42.0 Å². The fraction of sp³-hybridized carbons (Fsp3) is 0.381. The van der Waals surface area contributed by atoms with Crippen molar-refractivity contribution in [3.63, 3.8) is 0 Å². The van der Waals surface area contributed by atoms with Crippen molar-refractivity contribution < 1.29 is 19.0 Å². The molecule has 0 aliphatic carbocycles. The van der Waals surface area contributed by atoms with Gasteiger partial charge in [0, 0.05) is 68.7 Å². The van der Waals surface area contributed by atoms with Gasteiger partial charge in [-0.3, -0.25) is 9.78 Å². The van der Waals surface area contributed by atoms with E-state index in [2.05, 4.69) is 69.2 Å². The number of nitriles is 1. The Balaban J connectivity index is 1.26. The number of hydrazone groups is 1. The van der Waals surface area contributed by atoms with Gasteiger partial charge in [-0.15, -0.1) is 0 Å². The van der Waals surface area contributed by atoms with E-state index >= 15 is 0 Å². The minimum Gasteiger partial charge on any atom is -0.493 e. The van der Waals surface area contributed by atoms with Crippen molar-refractivity contribution in [3.05, 3.63) is 105 Å². The van der Waals surface area contributed by atoms with E-state index in [-0.39, 0.29) is 31.2 Å². The minimum absolute atomic E-state index is 0.0443. The fourth-order valence-electron chi connectivity index (χ4n) is 6.79. The van der Waals surface area contributed by atoms with Crippen molar-refractivity contribution in [2.24, 2.45) is 16.8 Å². The molecule has 3 aromatic carbocycles. The number of halogens is 1. The number of pyridine rings is 1. The van der Waals surface area contributed by atoms with Gasteiger partial charge in [0.15, 0.2) is 5.84 Å². The van der Waals surface area contributed by atoms with Crippen LogP contribution in [-0.4, -0.2) is 60.0 Å². The molecule has 296 valence electrons. The van der Waals surface area contributed by atoms with Crippen LogP contribution in [0.4, 0.5) is 0 Å². The highest BCUT2D eigenvalue weighted by Gasteiger charge is 2.20. The maximum absolute atomic E-state index is 11.4. The second kappa shape index (κ2) is 20.5. The molecule has 1 fully saturated rings. The Bertz CT molecular complexity index is 2030. The molecule has 7 N–H and O–H groups in total. The predicted molar refractivity (Wildman–Crippen MR) is 219 cm³/mol. The van der Waals surface area contributed by atoms with Crippen molar-refractivity contribution in [1.82, 2.24) is 25.9 Å². The summed E-state index contributed by atoms with van der Waals surface area (Å²) in [7, 11) is 0. The largest absolute Gasteiger partial charge is 0.493 e. The molecule has 1 saturated heterocycles. The first kappa shape index (κ1) is 41.8. The summed E-state index contributed by atoms with van der Waals surface area (Å²) in [5.74, 6) is 13.3. The Hall–Kier alpha value is -5.39. The molecule has 1 atom stereocenters. The monoisotopic (exact) mass is 781 g/mol. The van der Waals surface area contributed by atoms with E-state index in [0.29, 0.717) is 41.1 Å². The number of carbonyl (C=O) groups is 1. The average Bonchev–Trinajstić information content (AvgIpc) is 3.20. The molecule has 13 nitrogen and oxygen atoms in total. The number of nitrogens with zero attached hydrogens (tertiary/aromatic N) is 4. The second-order valence-electron chi connectivity index (χ2n) is 14.0. The maximum atomic E-state index is 11.4. The van der Waals surface area contributed by atoms with Gasteiger partial charge in [0.05, 0.1) is 23.2 Å². The number of amidine groups is 1. The highest BCUT2D eigenvalue weighted by molar-refractivity contribution is 6.32. The lowest BCUT2D eigenvalue weighted by Gasteiger charge is -2.32. The molecule has 2 heterocycles. The molecule has 1 unspecified atom stereocenters. The Morgan fingerprint density at radius 1 is 1.00 bits per heavy atom. The van der Waals surface area contributed by atoms with Crippen molar-refractivity contribution in [2.75, 3.05) is 26.2 Å². The number of piperidine rings is 1. The zero-order valence-electron chi connectivity index (χ0n) is 32.5. The van der Waals surface area contributed by atoms with Crippen LogP contribution in [0.25, 0.3) is 11.1 Å². The van der Waals surface area contributed by atoms with E-state index in [4.69, 9.17) is 37.5 Å². The van der Waals surface area contributed by atoms with E-state index in [1.54, 1.807) is 31.3 Å².